The SMILES string of the molecule is Cc1ccc(Cl)cc1N1C(=O)C(O)=C(C(=O)C(C)C)C1c1ccccn1. The highest BCUT2D eigenvalue weighted by molar-refractivity contribution is 6.31. The van der Waals surface area contributed by atoms with Crippen molar-refractivity contribution in [3.8, 4) is 0 Å². The number of pyridine rings is 1. The molecule has 2 heterocycles. The summed E-state index contributed by atoms with van der Waals surface area (Å²) in [6.07, 6.45) is 1.59. The second kappa shape index (κ2) is 6.92. The average molecular weight is 371 g/mol. The fourth-order valence-corrected chi connectivity index (χ4v) is 3.24. The minimum Gasteiger partial charge on any atom is -0.503 e. The van der Waals surface area contributed by atoms with Crippen molar-refractivity contribution in [2.75, 3.05) is 4.90 Å². The topological polar surface area (TPSA) is 70.5 Å². The Morgan fingerprint density at radius 1 is 1.27 bits per heavy atom. The van der Waals surface area contributed by atoms with Gasteiger partial charge in [0, 0.05) is 22.8 Å². The number of halogens is 1. The first-order valence-electron chi connectivity index (χ1n) is 8.31. The molecule has 0 bridgehead atoms. The van der Waals surface area contributed by atoms with Crippen LogP contribution in [-0.2, 0) is 9.59 Å². The lowest BCUT2D eigenvalue weighted by molar-refractivity contribution is -0.119. The van der Waals surface area contributed by atoms with Crippen LogP contribution in [0.15, 0.2) is 53.9 Å². The number of nitrogens with zero attached hydrogens (tertiary/aromatic N) is 2. The van der Waals surface area contributed by atoms with Gasteiger partial charge in [-0.05, 0) is 36.8 Å². The smallest absolute Gasteiger partial charge is 0.294 e. The summed E-state index contributed by atoms with van der Waals surface area (Å²) in [5.74, 6) is -1.81. The minimum atomic E-state index is -0.796. The highest BCUT2D eigenvalue weighted by Gasteiger charge is 2.45. The molecule has 0 fully saturated rings. The van der Waals surface area contributed by atoms with Gasteiger partial charge in [0.2, 0.25) is 0 Å². The maximum atomic E-state index is 12.9. The van der Waals surface area contributed by atoms with Crippen LogP contribution < -0.4 is 4.90 Å². The molecule has 134 valence electrons. The van der Waals surface area contributed by atoms with Gasteiger partial charge in [0.05, 0.1) is 11.3 Å². The molecule has 0 saturated carbocycles. The molecule has 1 amide bonds. The number of benzene rings is 1. The molecule has 0 spiro atoms. The lowest BCUT2D eigenvalue weighted by atomic mass is 9.93. The van der Waals surface area contributed by atoms with Gasteiger partial charge in [-0.25, -0.2) is 0 Å². The number of amides is 1. The van der Waals surface area contributed by atoms with Crippen LogP contribution in [0.3, 0.4) is 0 Å². The molecule has 3 rings (SSSR count). The van der Waals surface area contributed by atoms with Gasteiger partial charge in [0.15, 0.2) is 11.5 Å². The maximum Gasteiger partial charge on any atom is 0.294 e. The fourth-order valence-electron chi connectivity index (χ4n) is 3.08. The molecular formula is C20H19ClN2O3. The summed E-state index contributed by atoms with van der Waals surface area (Å²) in [6, 6.07) is 9.64. The third-order valence-corrected chi connectivity index (χ3v) is 4.63. The van der Waals surface area contributed by atoms with E-state index in [-0.39, 0.29) is 17.3 Å². The van der Waals surface area contributed by atoms with Crippen molar-refractivity contribution in [3.05, 3.63) is 70.2 Å². The van der Waals surface area contributed by atoms with E-state index in [1.54, 1.807) is 56.4 Å². The number of aromatic nitrogens is 1. The molecule has 5 nitrogen and oxygen atoms in total. The van der Waals surface area contributed by atoms with Crippen molar-refractivity contribution in [1.82, 2.24) is 4.98 Å². The number of hydrogen-bond acceptors (Lipinski definition) is 4. The van der Waals surface area contributed by atoms with E-state index in [2.05, 4.69) is 4.98 Å². The Hall–Kier alpha value is -2.66. The molecule has 26 heavy (non-hydrogen) atoms. The van der Waals surface area contributed by atoms with Gasteiger partial charge in [0.25, 0.3) is 5.91 Å². The van der Waals surface area contributed by atoms with Crippen LogP contribution in [0.25, 0.3) is 0 Å². The molecule has 6 heteroatoms. The molecule has 1 unspecified atom stereocenters. The zero-order chi connectivity index (χ0) is 19.0. The van der Waals surface area contributed by atoms with E-state index >= 15 is 0 Å². The van der Waals surface area contributed by atoms with Gasteiger partial charge in [-0.1, -0.05) is 37.6 Å². The zero-order valence-electron chi connectivity index (χ0n) is 14.7. The van der Waals surface area contributed by atoms with Crippen molar-refractivity contribution < 1.29 is 14.7 Å². The van der Waals surface area contributed by atoms with Gasteiger partial charge in [-0.3, -0.25) is 19.5 Å². The molecule has 1 aromatic carbocycles. The van der Waals surface area contributed by atoms with Crippen molar-refractivity contribution in [2.24, 2.45) is 5.92 Å². The van der Waals surface area contributed by atoms with E-state index in [9.17, 15) is 14.7 Å². The Kier molecular flexibility index (Phi) is 4.83. The van der Waals surface area contributed by atoms with Crippen LogP contribution in [0.5, 0.6) is 0 Å². The Balaban J connectivity index is 2.23. The Bertz CT molecular complexity index is 907. The number of hydrogen-bond donors (Lipinski definition) is 1. The number of carbonyl (C=O) groups excluding carboxylic acids is 2. The quantitative estimate of drug-likeness (QED) is 0.876. The summed E-state index contributed by atoms with van der Waals surface area (Å²) >= 11 is 6.13. The first-order chi connectivity index (χ1) is 12.3. The number of Topliss-reactive ketones (excluding diaryl/α,β-unsaturated/α-hetero) is 1. The Morgan fingerprint density at radius 2 is 2.00 bits per heavy atom. The number of anilines is 1. The van der Waals surface area contributed by atoms with Crippen molar-refractivity contribution in [2.45, 2.75) is 26.8 Å². The number of aryl methyl sites for hydroxylation is 1. The molecule has 0 aliphatic carbocycles. The van der Waals surface area contributed by atoms with Crippen LogP contribution in [0, 0.1) is 12.8 Å². The van der Waals surface area contributed by atoms with Crippen molar-refractivity contribution >= 4 is 29.0 Å². The molecule has 1 aliphatic heterocycles. The lowest BCUT2D eigenvalue weighted by Gasteiger charge is -2.28. The molecule has 0 saturated heterocycles. The maximum absolute atomic E-state index is 12.9. The molecule has 0 radical (unpaired) electrons. The summed E-state index contributed by atoms with van der Waals surface area (Å²) in [4.78, 5) is 31.4. The van der Waals surface area contributed by atoms with Crippen molar-refractivity contribution in [3.63, 3.8) is 0 Å². The summed E-state index contributed by atoms with van der Waals surface area (Å²) in [5, 5.41) is 11.0. The van der Waals surface area contributed by atoms with Gasteiger partial charge in [-0.15, -0.1) is 0 Å². The van der Waals surface area contributed by atoms with Crippen LogP contribution in [-0.4, -0.2) is 21.8 Å². The number of aliphatic hydroxyl groups excluding tert-OH is 1. The highest BCUT2D eigenvalue weighted by atomic mass is 35.5. The van der Waals surface area contributed by atoms with Gasteiger partial charge < -0.3 is 5.11 Å². The summed E-state index contributed by atoms with van der Waals surface area (Å²) in [5.41, 5.74) is 1.92. The minimum absolute atomic E-state index is 0.0723. The molecular weight excluding hydrogens is 352 g/mol. The molecule has 1 aliphatic rings. The van der Waals surface area contributed by atoms with Crippen LogP contribution in [0.1, 0.15) is 31.1 Å². The normalized spacial score (nSPS) is 17.3. The second-order valence-electron chi connectivity index (χ2n) is 6.54. The number of rotatable bonds is 4. The fraction of sp³-hybridized carbons (Fsp3) is 0.250. The number of ketones is 1. The number of aliphatic hydroxyl groups is 1. The second-order valence-corrected chi connectivity index (χ2v) is 6.98. The average Bonchev–Trinajstić information content (AvgIpc) is 2.88. The monoisotopic (exact) mass is 370 g/mol. The van der Waals surface area contributed by atoms with E-state index in [4.69, 9.17) is 11.6 Å². The Morgan fingerprint density at radius 3 is 2.62 bits per heavy atom. The molecule has 2 aromatic rings. The van der Waals surface area contributed by atoms with E-state index < -0.39 is 17.7 Å². The summed E-state index contributed by atoms with van der Waals surface area (Å²) in [7, 11) is 0. The predicted octanol–water partition coefficient (Wildman–Crippen LogP) is 4.17. The van der Waals surface area contributed by atoms with Gasteiger partial charge in [0.1, 0.15) is 6.04 Å². The predicted molar refractivity (Wildman–Crippen MR) is 100 cm³/mol. The van der Waals surface area contributed by atoms with E-state index in [0.29, 0.717) is 16.4 Å². The highest BCUT2D eigenvalue weighted by Crippen LogP contribution is 2.42. The molecule has 1 N–H and O–H groups in total. The molecule has 1 atom stereocenters. The van der Waals surface area contributed by atoms with Gasteiger partial charge >= 0.3 is 0 Å². The first kappa shape index (κ1) is 18.1. The zero-order valence-corrected chi connectivity index (χ0v) is 15.5. The third-order valence-electron chi connectivity index (χ3n) is 4.40. The van der Waals surface area contributed by atoms with Crippen LogP contribution in [0.4, 0.5) is 5.69 Å². The summed E-state index contributed by atoms with van der Waals surface area (Å²) < 4.78 is 0. The molecule has 1 aromatic heterocycles. The first-order valence-corrected chi connectivity index (χ1v) is 8.68. The van der Waals surface area contributed by atoms with Crippen molar-refractivity contribution in [1.29, 1.82) is 0 Å². The van der Waals surface area contributed by atoms with E-state index in [0.717, 1.165) is 5.56 Å². The summed E-state index contributed by atoms with van der Waals surface area (Å²) in [6.45, 7) is 5.31. The largest absolute Gasteiger partial charge is 0.503 e. The number of carbonyl (C=O) groups is 2. The third kappa shape index (κ3) is 2.99. The lowest BCUT2D eigenvalue weighted by Crippen LogP contribution is -2.32. The van der Waals surface area contributed by atoms with E-state index in [1.807, 2.05) is 6.92 Å². The van der Waals surface area contributed by atoms with Gasteiger partial charge in [-0.2, -0.15) is 0 Å². The van der Waals surface area contributed by atoms with Crippen LogP contribution >= 0.6 is 11.6 Å². The Labute approximate surface area is 156 Å². The standard InChI is InChI=1S/C20H19ClN2O3/c1-11(2)18(24)16-17(14-6-4-5-9-22-14)23(20(26)19(16)25)15-10-13(21)8-7-12(15)3/h4-11,17,25H,1-3H3. The van der Waals surface area contributed by atoms with E-state index in [1.165, 1.54) is 4.90 Å². The van der Waals surface area contributed by atoms with Crippen LogP contribution in [0.2, 0.25) is 5.02 Å².